The van der Waals surface area contributed by atoms with Crippen molar-refractivity contribution in [3.05, 3.63) is 35.1 Å². The zero-order valence-electron chi connectivity index (χ0n) is 10.3. The van der Waals surface area contributed by atoms with E-state index in [2.05, 4.69) is 0 Å². The van der Waals surface area contributed by atoms with Crippen molar-refractivity contribution in [2.75, 3.05) is 0 Å². The molecule has 19 heavy (non-hydrogen) atoms. The van der Waals surface area contributed by atoms with Crippen LogP contribution in [-0.4, -0.2) is 11.1 Å². The molecule has 1 atom stereocenters. The van der Waals surface area contributed by atoms with Gasteiger partial charge in [0.2, 0.25) is 0 Å². The second-order valence-corrected chi connectivity index (χ2v) is 5.50. The summed E-state index contributed by atoms with van der Waals surface area (Å²) in [6.45, 7) is 3.28. The van der Waals surface area contributed by atoms with E-state index in [0.717, 1.165) is 12.1 Å². The number of benzene rings is 1. The van der Waals surface area contributed by atoms with Crippen LogP contribution in [0.1, 0.15) is 31.4 Å². The first kappa shape index (κ1) is 13.8. The molecule has 6 heteroatoms. The lowest BCUT2D eigenvalue weighted by atomic mass is 9.87. The molecule has 104 valence electrons. The topological polar surface area (TPSA) is 37.3 Å². The van der Waals surface area contributed by atoms with E-state index in [1.807, 2.05) is 0 Å². The van der Waals surface area contributed by atoms with Crippen LogP contribution in [0.3, 0.4) is 0 Å². The Morgan fingerprint density at radius 3 is 2.16 bits per heavy atom. The molecule has 1 fully saturated rings. The Labute approximate surface area is 107 Å². The predicted octanol–water partition coefficient (Wildman–Crippen LogP) is 3.60. The maximum Gasteiger partial charge on any atom is 0.416 e. The lowest BCUT2D eigenvalue weighted by Crippen LogP contribution is -2.26. The summed E-state index contributed by atoms with van der Waals surface area (Å²) in [4.78, 5) is 11.4. The molecule has 1 saturated carbocycles. The van der Waals surface area contributed by atoms with Gasteiger partial charge in [0.15, 0.2) is 0 Å². The van der Waals surface area contributed by atoms with Crippen LogP contribution in [0.15, 0.2) is 18.2 Å². The Bertz CT molecular complexity index is 548. The number of carboxylic acid groups (broad SMARTS) is 1. The molecule has 0 radical (unpaired) electrons. The van der Waals surface area contributed by atoms with Crippen LogP contribution in [0, 0.1) is 11.2 Å². The summed E-state index contributed by atoms with van der Waals surface area (Å²) in [6, 6.07) is 1.97. The van der Waals surface area contributed by atoms with Gasteiger partial charge < -0.3 is 5.11 Å². The third-order valence-electron chi connectivity index (χ3n) is 3.82. The smallest absolute Gasteiger partial charge is 0.416 e. The van der Waals surface area contributed by atoms with Crippen LogP contribution >= 0.6 is 0 Å². The highest BCUT2D eigenvalue weighted by molar-refractivity contribution is 5.87. The van der Waals surface area contributed by atoms with E-state index in [0.29, 0.717) is 6.07 Å². The van der Waals surface area contributed by atoms with E-state index in [4.69, 9.17) is 0 Å². The number of rotatable bonds is 2. The van der Waals surface area contributed by atoms with Crippen LogP contribution in [0.2, 0.25) is 0 Å². The van der Waals surface area contributed by atoms with E-state index < -0.39 is 34.4 Å². The summed E-state index contributed by atoms with van der Waals surface area (Å²) in [6.07, 6.45) is -4.51. The highest BCUT2D eigenvalue weighted by atomic mass is 19.4. The molecule has 1 aromatic rings. The Hall–Kier alpha value is -1.59. The van der Waals surface area contributed by atoms with Crippen LogP contribution in [0.4, 0.5) is 17.6 Å². The zero-order chi connectivity index (χ0) is 14.6. The van der Waals surface area contributed by atoms with Crippen molar-refractivity contribution in [3.63, 3.8) is 0 Å². The van der Waals surface area contributed by atoms with Crippen molar-refractivity contribution < 1.29 is 27.5 Å². The third kappa shape index (κ3) is 1.99. The first-order valence-electron chi connectivity index (χ1n) is 5.62. The van der Waals surface area contributed by atoms with Gasteiger partial charge >= 0.3 is 12.1 Å². The third-order valence-corrected chi connectivity index (χ3v) is 3.82. The minimum atomic E-state index is -4.70. The van der Waals surface area contributed by atoms with Gasteiger partial charge in [0.25, 0.3) is 0 Å². The van der Waals surface area contributed by atoms with Crippen LogP contribution < -0.4 is 0 Å². The minimum absolute atomic E-state index is 0.127. The second kappa shape index (κ2) is 3.71. The molecule has 0 saturated heterocycles. The lowest BCUT2D eigenvalue weighted by Gasteiger charge is -2.18. The van der Waals surface area contributed by atoms with E-state index in [1.54, 1.807) is 13.8 Å². The number of aliphatic carboxylic acids is 1. The van der Waals surface area contributed by atoms with Crippen molar-refractivity contribution >= 4 is 5.97 Å². The standard InChI is InChI=1S/C13H12F4O2/c1-11(2)6-12(11,10(18)19)7-3-8(13(15,16)17)5-9(14)4-7/h3-5H,6H2,1-2H3,(H,18,19). The maximum absolute atomic E-state index is 13.3. The van der Waals surface area contributed by atoms with Gasteiger partial charge in [-0.25, -0.2) is 4.39 Å². The van der Waals surface area contributed by atoms with Gasteiger partial charge in [-0.15, -0.1) is 0 Å². The summed E-state index contributed by atoms with van der Waals surface area (Å²) in [5.41, 5.74) is -3.41. The molecule has 1 unspecified atom stereocenters. The molecule has 1 aliphatic rings. The number of carbonyl (C=O) groups is 1. The van der Waals surface area contributed by atoms with Crippen molar-refractivity contribution in [2.45, 2.75) is 31.9 Å². The van der Waals surface area contributed by atoms with Crippen LogP contribution in [0.25, 0.3) is 0 Å². The van der Waals surface area contributed by atoms with Gasteiger partial charge in [-0.05, 0) is 35.6 Å². The van der Waals surface area contributed by atoms with Gasteiger partial charge in [-0.3, -0.25) is 4.79 Å². The fourth-order valence-corrected chi connectivity index (χ4v) is 2.60. The summed E-state index contributed by atoms with van der Waals surface area (Å²) < 4.78 is 51.2. The zero-order valence-corrected chi connectivity index (χ0v) is 10.3. The summed E-state index contributed by atoms with van der Waals surface area (Å²) in [7, 11) is 0. The lowest BCUT2D eigenvalue weighted by molar-refractivity contribution is -0.142. The van der Waals surface area contributed by atoms with Crippen molar-refractivity contribution in [3.8, 4) is 0 Å². The van der Waals surface area contributed by atoms with E-state index in [1.165, 1.54) is 0 Å². The van der Waals surface area contributed by atoms with E-state index in [-0.39, 0.29) is 12.0 Å². The molecule has 2 nitrogen and oxygen atoms in total. The average Bonchev–Trinajstić information content (AvgIpc) is 2.81. The SMILES string of the molecule is CC1(C)CC1(C(=O)O)c1cc(F)cc(C(F)(F)F)c1. The number of halogens is 4. The second-order valence-electron chi connectivity index (χ2n) is 5.50. The Morgan fingerprint density at radius 1 is 1.26 bits per heavy atom. The summed E-state index contributed by atoms with van der Waals surface area (Å²) in [5.74, 6) is -2.30. The van der Waals surface area contributed by atoms with E-state index in [9.17, 15) is 27.5 Å². The number of alkyl halides is 3. The molecule has 0 spiro atoms. The predicted molar refractivity (Wildman–Crippen MR) is 59.1 cm³/mol. The highest BCUT2D eigenvalue weighted by Crippen LogP contribution is 2.64. The molecular weight excluding hydrogens is 264 g/mol. The molecule has 2 rings (SSSR count). The number of hydrogen-bond acceptors (Lipinski definition) is 1. The monoisotopic (exact) mass is 276 g/mol. The van der Waals surface area contributed by atoms with Gasteiger partial charge in [0.05, 0.1) is 11.0 Å². The van der Waals surface area contributed by atoms with Gasteiger partial charge in [0, 0.05) is 0 Å². The van der Waals surface area contributed by atoms with Gasteiger partial charge in [0.1, 0.15) is 5.82 Å². The molecule has 1 aliphatic carbocycles. The molecular formula is C13H12F4O2. The minimum Gasteiger partial charge on any atom is -0.481 e. The number of carboxylic acids is 1. The molecule has 0 aliphatic heterocycles. The van der Waals surface area contributed by atoms with Crippen LogP contribution in [0.5, 0.6) is 0 Å². The maximum atomic E-state index is 13.3. The fraction of sp³-hybridized carbons (Fsp3) is 0.462. The first-order chi connectivity index (χ1) is 8.50. The van der Waals surface area contributed by atoms with Crippen molar-refractivity contribution in [1.29, 1.82) is 0 Å². The molecule has 1 N–H and O–H groups in total. The Kier molecular flexibility index (Phi) is 2.70. The summed E-state index contributed by atoms with van der Waals surface area (Å²) >= 11 is 0. The molecule has 0 amide bonds. The van der Waals surface area contributed by atoms with Crippen LogP contribution in [-0.2, 0) is 16.4 Å². The molecule has 0 aromatic heterocycles. The van der Waals surface area contributed by atoms with Gasteiger partial charge in [-0.2, -0.15) is 13.2 Å². The highest BCUT2D eigenvalue weighted by Gasteiger charge is 2.68. The average molecular weight is 276 g/mol. The number of hydrogen-bond donors (Lipinski definition) is 1. The Morgan fingerprint density at radius 2 is 1.79 bits per heavy atom. The summed E-state index contributed by atoms with van der Waals surface area (Å²) in [5, 5.41) is 9.27. The fourth-order valence-electron chi connectivity index (χ4n) is 2.60. The molecule has 0 bridgehead atoms. The Balaban J connectivity index is 2.59. The normalized spacial score (nSPS) is 25.2. The van der Waals surface area contributed by atoms with Gasteiger partial charge in [-0.1, -0.05) is 13.8 Å². The quantitative estimate of drug-likeness (QED) is 0.838. The van der Waals surface area contributed by atoms with Crippen molar-refractivity contribution in [2.24, 2.45) is 5.41 Å². The molecule has 0 heterocycles. The van der Waals surface area contributed by atoms with Crippen molar-refractivity contribution in [1.82, 2.24) is 0 Å². The largest absolute Gasteiger partial charge is 0.481 e. The molecule has 1 aromatic carbocycles. The van der Waals surface area contributed by atoms with E-state index >= 15 is 0 Å². The first-order valence-corrected chi connectivity index (χ1v) is 5.62.